The first kappa shape index (κ1) is 22.8. The molecular formula is C27H21F5O. The monoisotopic (exact) mass is 456 g/mol. The smallest absolute Gasteiger partial charge is 0.422 e. The molecule has 1 nitrogen and oxygen atoms in total. The Hall–Kier alpha value is -3.41. The minimum Gasteiger partial charge on any atom is -0.478 e. The Morgan fingerprint density at radius 1 is 0.727 bits per heavy atom. The molecule has 0 aliphatic heterocycles. The van der Waals surface area contributed by atoms with Gasteiger partial charge in [0.25, 0.3) is 0 Å². The molecule has 0 aliphatic carbocycles. The van der Waals surface area contributed by atoms with Crippen molar-refractivity contribution < 1.29 is 26.7 Å². The second kappa shape index (κ2) is 9.22. The summed E-state index contributed by atoms with van der Waals surface area (Å²) < 4.78 is 70.4. The summed E-state index contributed by atoms with van der Waals surface area (Å²) >= 11 is 0. The fourth-order valence-electron chi connectivity index (χ4n) is 3.78. The third-order valence-electron chi connectivity index (χ3n) is 5.41. The van der Waals surface area contributed by atoms with Crippen molar-refractivity contribution in [2.24, 2.45) is 0 Å². The van der Waals surface area contributed by atoms with Crippen molar-refractivity contribution in [2.45, 2.75) is 25.9 Å². The van der Waals surface area contributed by atoms with Gasteiger partial charge in [-0.3, -0.25) is 0 Å². The van der Waals surface area contributed by atoms with Crippen LogP contribution in [0.2, 0.25) is 0 Å². The van der Waals surface area contributed by atoms with Gasteiger partial charge >= 0.3 is 6.18 Å². The number of benzene rings is 4. The highest BCUT2D eigenvalue weighted by Crippen LogP contribution is 2.34. The van der Waals surface area contributed by atoms with Gasteiger partial charge in [0.2, 0.25) is 0 Å². The Labute approximate surface area is 188 Å². The lowest BCUT2D eigenvalue weighted by Crippen LogP contribution is -2.20. The third kappa shape index (κ3) is 5.16. The van der Waals surface area contributed by atoms with E-state index in [9.17, 15) is 22.0 Å². The maximum Gasteiger partial charge on any atom is 0.422 e. The molecule has 0 bridgehead atoms. The van der Waals surface area contributed by atoms with Gasteiger partial charge < -0.3 is 4.74 Å². The van der Waals surface area contributed by atoms with Crippen molar-refractivity contribution in [3.8, 4) is 28.0 Å². The van der Waals surface area contributed by atoms with Crippen LogP contribution in [0, 0.1) is 11.6 Å². The first-order chi connectivity index (χ1) is 15.7. The van der Waals surface area contributed by atoms with Gasteiger partial charge in [0.05, 0.1) is 0 Å². The van der Waals surface area contributed by atoms with Gasteiger partial charge in [-0.1, -0.05) is 74.0 Å². The van der Waals surface area contributed by atoms with Crippen molar-refractivity contribution >= 4 is 10.8 Å². The van der Waals surface area contributed by atoms with E-state index in [1.54, 1.807) is 12.1 Å². The molecule has 0 saturated carbocycles. The van der Waals surface area contributed by atoms with E-state index in [2.05, 4.69) is 35.9 Å². The standard InChI is InChI=1S/C27H21F5O/c1-2-3-17-4-6-18(7-5-17)19-8-10-20(11-9-19)21-12-13-23-22(14-21)15-24(28)26(25(23)29)33-16-27(30,31)32/h4-15H,2-3,16H2,1H3. The summed E-state index contributed by atoms with van der Waals surface area (Å²) in [6, 6.07) is 21.8. The van der Waals surface area contributed by atoms with E-state index >= 15 is 0 Å². The number of hydrogen-bond acceptors (Lipinski definition) is 1. The molecule has 0 aromatic heterocycles. The molecular weight excluding hydrogens is 435 g/mol. The summed E-state index contributed by atoms with van der Waals surface area (Å²) in [5.74, 6) is -3.35. The van der Waals surface area contributed by atoms with Gasteiger partial charge in [0, 0.05) is 5.39 Å². The van der Waals surface area contributed by atoms with Gasteiger partial charge in [0.1, 0.15) is 0 Å². The summed E-state index contributed by atoms with van der Waals surface area (Å²) in [6.07, 6.45) is -2.56. The van der Waals surface area contributed by atoms with E-state index in [0.717, 1.165) is 41.2 Å². The van der Waals surface area contributed by atoms with Crippen LogP contribution in [0.3, 0.4) is 0 Å². The minimum absolute atomic E-state index is 0.0129. The lowest BCUT2D eigenvalue weighted by molar-refractivity contribution is -0.154. The summed E-state index contributed by atoms with van der Waals surface area (Å²) in [5, 5.41) is 0.221. The van der Waals surface area contributed by atoms with Crippen LogP contribution in [0.4, 0.5) is 22.0 Å². The Bertz CT molecular complexity index is 1260. The molecule has 0 aliphatic rings. The number of alkyl halides is 3. The fourth-order valence-corrected chi connectivity index (χ4v) is 3.78. The van der Waals surface area contributed by atoms with E-state index < -0.39 is 30.2 Å². The molecule has 0 amide bonds. The van der Waals surface area contributed by atoms with Crippen LogP contribution in [0.1, 0.15) is 18.9 Å². The molecule has 0 radical (unpaired) electrons. The fraction of sp³-hybridized carbons (Fsp3) is 0.185. The number of hydrogen-bond donors (Lipinski definition) is 0. The topological polar surface area (TPSA) is 9.23 Å². The molecule has 6 heteroatoms. The van der Waals surface area contributed by atoms with E-state index in [4.69, 9.17) is 0 Å². The van der Waals surface area contributed by atoms with E-state index in [-0.39, 0.29) is 10.8 Å². The van der Waals surface area contributed by atoms with Crippen LogP contribution in [-0.2, 0) is 6.42 Å². The molecule has 0 heterocycles. The number of fused-ring (bicyclic) bond motifs is 1. The number of rotatable bonds is 6. The maximum atomic E-state index is 14.6. The average Bonchev–Trinajstić information content (AvgIpc) is 2.79. The molecule has 0 fully saturated rings. The van der Waals surface area contributed by atoms with Gasteiger partial charge in [-0.05, 0) is 51.8 Å². The normalized spacial score (nSPS) is 11.7. The molecule has 0 spiro atoms. The first-order valence-electron chi connectivity index (χ1n) is 10.6. The quantitative estimate of drug-likeness (QED) is 0.265. The Morgan fingerprint density at radius 3 is 1.85 bits per heavy atom. The van der Waals surface area contributed by atoms with Crippen molar-refractivity contribution in [1.82, 2.24) is 0 Å². The molecule has 170 valence electrons. The second-order valence-corrected chi connectivity index (χ2v) is 7.87. The highest BCUT2D eigenvalue weighted by Gasteiger charge is 2.30. The summed E-state index contributed by atoms with van der Waals surface area (Å²) in [7, 11) is 0. The van der Waals surface area contributed by atoms with Gasteiger partial charge in [-0.15, -0.1) is 0 Å². The third-order valence-corrected chi connectivity index (χ3v) is 5.41. The van der Waals surface area contributed by atoms with Gasteiger partial charge in [-0.25, -0.2) is 8.78 Å². The SMILES string of the molecule is CCCc1ccc(-c2ccc(-c3ccc4c(F)c(OCC(F)(F)F)c(F)cc4c3)cc2)cc1. The van der Waals surface area contributed by atoms with Crippen LogP contribution >= 0.6 is 0 Å². The van der Waals surface area contributed by atoms with Crippen molar-refractivity contribution in [2.75, 3.05) is 6.61 Å². The lowest BCUT2D eigenvalue weighted by atomic mass is 9.97. The van der Waals surface area contributed by atoms with Crippen LogP contribution in [0.25, 0.3) is 33.0 Å². The van der Waals surface area contributed by atoms with Crippen molar-refractivity contribution in [3.05, 3.63) is 90.0 Å². The average molecular weight is 456 g/mol. The van der Waals surface area contributed by atoms with E-state index in [0.29, 0.717) is 0 Å². The molecule has 4 aromatic carbocycles. The zero-order valence-corrected chi connectivity index (χ0v) is 17.8. The number of ether oxygens (including phenoxy) is 1. The molecule has 0 atom stereocenters. The highest BCUT2D eigenvalue weighted by molar-refractivity contribution is 5.89. The maximum absolute atomic E-state index is 14.6. The summed E-state index contributed by atoms with van der Waals surface area (Å²) in [4.78, 5) is 0. The minimum atomic E-state index is -4.69. The molecule has 0 unspecified atom stereocenters. The van der Waals surface area contributed by atoms with Crippen molar-refractivity contribution in [3.63, 3.8) is 0 Å². The largest absolute Gasteiger partial charge is 0.478 e. The number of halogens is 5. The second-order valence-electron chi connectivity index (χ2n) is 7.87. The zero-order chi connectivity index (χ0) is 23.6. The van der Waals surface area contributed by atoms with Gasteiger partial charge in [0.15, 0.2) is 24.0 Å². The Morgan fingerprint density at radius 2 is 1.27 bits per heavy atom. The van der Waals surface area contributed by atoms with E-state index in [1.807, 2.05) is 24.3 Å². The first-order valence-corrected chi connectivity index (χ1v) is 10.6. The van der Waals surface area contributed by atoms with Crippen molar-refractivity contribution in [1.29, 1.82) is 0 Å². The van der Waals surface area contributed by atoms with Crippen LogP contribution in [0.5, 0.6) is 5.75 Å². The number of aryl methyl sites for hydroxylation is 1. The van der Waals surface area contributed by atoms with Crippen LogP contribution < -0.4 is 4.74 Å². The Kier molecular flexibility index (Phi) is 6.36. The highest BCUT2D eigenvalue weighted by atomic mass is 19.4. The molecule has 4 aromatic rings. The van der Waals surface area contributed by atoms with Crippen LogP contribution in [-0.4, -0.2) is 12.8 Å². The van der Waals surface area contributed by atoms with E-state index in [1.165, 1.54) is 11.6 Å². The predicted octanol–water partition coefficient (Wildman–Crippen LogP) is 8.35. The summed E-state index contributed by atoms with van der Waals surface area (Å²) in [5.41, 5.74) is 5.01. The molecule has 0 saturated heterocycles. The molecule has 0 N–H and O–H groups in total. The van der Waals surface area contributed by atoms with Crippen LogP contribution in [0.15, 0.2) is 72.8 Å². The van der Waals surface area contributed by atoms with Gasteiger partial charge in [-0.2, -0.15) is 13.2 Å². The molecule has 4 rings (SSSR count). The Balaban J connectivity index is 1.60. The molecule has 33 heavy (non-hydrogen) atoms. The lowest BCUT2D eigenvalue weighted by Gasteiger charge is -2.13. The summed E-state index contributed by atoms with van der Waals surface area (Å²) in [6.45, 7) is 0.376. The zero-order valence-electron chi connectivity index (χ0n) is 17.8. The predicted molar refractivity (Wildman–Crippen MR) is 120 cm³/mol.